The lowest BCUT2D eigenvalue weighted by molar-refractivity contribution is -0.143. The molecule has 0 amide bonds. The zero-order valence-electron chi connectivity index (χ0n) is 11.6. The molecule has 1 aromatic carbocycles. The highest BCUT2D eigenvalue weighted by Crippen LogP contribution is 2.46. The maximum atomic E-state index is 12.8. The Hall–Kier alpha value is -1.63. The second-order valence-corrected chi connectivity index (χ2v) is 6.73. The van der Waals surface area contributed by atoms with Crippen LogP contribution < -0.4 is 5.30 Å². The van der Waals surface area contributed by atoms with E-state index in [1.165, 1.54) is 6.92 Å². The SMILES string of the molecule is CCOP(=O)(CCC(C#N)OC(C)=O)c1ccccc1. The van der Waals surface area contributed by atoms with E-state index in [9.17, 15) is 9.36 Å². The first kappa shape index (κ1) is 16.4. The third-order valence-corrected chi connectivity index (χ3v) is 5.23. The molecular formula is C14H18NO4P. The van der Waals surface area contributed by atoms with Crippen molar-refractivity contribution in [3.05, 3.63) is 30.3 Å². The average Bonchev–Trinajstić information content (AvgIpc) is 2.44. The van der Waals surface area contributed by atoms with Crippen LogP contribution >= 0.6 is 7.37 Å². The molecule has 0 aromatic heterocycles. The van der Waals surface area contributed by atoms with Gasteiger partial charge >= 0.3 is 5.97 Å². The van der Waals surface area contributed by atoms with Crippen LogP contribution in [0.1, 0.15) is 20.3 Å². The highest BCUT2D eigenvalue weighted by Gasteiger charge is 2.27. The van der Waals surface area contributed by atoms with Crippen LogP contribution in [0.2, 0.25) is 0 Å². The first-order valence-corrected chi connectivity index (χ1v) is 8.19. The van der Waals surface area contributed by atoms with Crippen molar-refractivity contribution in [1.29, 1.82) is 5.26 Å². The van der Waals surface area contributed by atoms with Crippen LogP contribution in [0.4, 0.5) is 0 Å². The summed E-state index contributed by atoms with van der Waals surface area (Å²) in [5.41, 5.74) is 0. The summed E-state index contributed by atoms with van der Waals surface area (Å²) < 4.78 is 23.1. The van der Waals surface area contributed by atoms with Crippen molar-refractivity contribution in [1.82, 2.24) is 0 Å². The third-order valence-electron chi connectivity index (χ3n) is 2.63. The molecule has 0 saturated heterocycles. The van der Waals surface area contributed by atoms with Crippen molar-refractivity contribution in [3.8, 4) is 6.07 Å². The monoisotopic (exact) mass is 295 g/mol. The predicted molar refractivity (Wildman–Crippen MR) is 76.0 cm³/mol. The van der Waals surface area contributed by atoms with Gasteiger partial charge in [0.1, 0.15) is 6.07 Å². The summed E-state index contributed by atoms with van der Waals surface area (Å²) >= 11 is 0. The molecule has 20 heavy (non-hydrogen) atoms. The number of esters is 1. The largest absolute Gasteiger partial charge is 0.447 e. The number of hydrogen-bond acceptors (Lipinski definition) is 5. The molecule has 0 aliphatic rings. The van der Waals surface area contributed by atoms with Gasteiger partial charge in [-0.2, -0.15) is 5.26 Å². The Morgan fingerprint density at radius 1 is 1.40 bits per heavy atom. The standard InChI is InChI=1S/C14H18NO4P/c1-3-18-20(17,14-7-5-4-6-8-14)10-9-13(11-15)19-12(2)16/h4-8,13H,3,9-10H2,1-2H3. The second kappa shape index (κ2) is 7.84. The first-order chi connectivity index (χ1) is 9.51. The minimum Gasteiger partial charge on any atom is -0.447 e. The quantitative estimate of drug-likeness (QED) is 0.570. The van der Waals surface area contributed by atoms with E-state index in [-0.39, 0.29) is 12.6 Å². The van der Waals surface area contributed by atoms with Gasteiger partial charge in [-0.3, -0.25) is 9.36 Å². The molecule has 0 radical (unpaired) electrons. The molecule has 0 aliphatic carbocycles. The predicted octanol–water partition coefficient (Wildman–Crippen LogP) is 2.47. The molecule has 0 bridgehead atoms. The molecule has 2 unspecified atom stereocenters. The minimum atomic E-state index is -3.02. The van der Waals surface area contributed by atoms with Crippen LogP contribution in [-0.2, 0) is 18.6 Å². The first-order valence-electron chi connectivity index (χ1n) is 6.38. The molecule has 6 heteroatoms. The van der Waals surface area contributed by atoms with Gasteiger partial charge in [0, 0.05) is 24.8 Å². The van der Waals surface area contributed by atoms with Gasteiger partial charge in [-0.15, -0.1) is 0 Å². The van der Waals surface area contributed by atoms with E-state index in [1.54, 1.807) is 31.2 Å². The smallest absolute Gasteiger partial charge is 0.303 e. The Morgan fingerprint density at radius 2 is 2.05 bits per heavy atom. The number of hydrogen-bond donors (Lipinski definition) is 0. The van der Waals surface area contributed by atoms with Crippen LogP contribution in [0, 0.1) is 11.3 Å². The molecule has 0 fully saturated rings. The Kier molecular flexibility index (Phi) is 6.44. The Morgan fingerprint density at radius 3 is 2.55 bits per heavy atom. The molecule has 0 N–H and O–H groups in total. The summed E-state index contributed by atoms with van der Waals surface area (Å²) in [7, 11) is -3.02. The van der Waals surface area contributed by atoms with Gasteiger partial charge in [-0.25, -0.2) is 0 Å². The maximum Gasteiger partial charge on any atom is 0.303 e. The van der Waals surface area contributed by atoms with E-state index >= 15 is 0 Å². The molecule has 1 aromatic rings. The van der Waals surface area contributed by atoms with Gasteiger partial charge in [0.25, 0.3) is 0 Å². The fourth-order valence-electron chi connectivity index (χ4n) is 1.77. The van der Waals surface area contributed by atoms with Crippen molar-refractivity contribution in [3.63, 3.8) is 0 Å². The van der Waals surface area contributed by atoms with Crippen LogP contribution in [-0.4, -0.2) is 24.8 Å². The highest BCUT2D eigenvalue weighted by atomic mass is 31.2. The number of ether oxygens (including phenoxy) is 1. The van der Waals surface area contributed by atoms with Gasteiger partial charge < -0.3 is 9.26 Å². The van der Waals surface area contributed by atoms with E-state index in [4.69, 9.17) is 14.5 Å². The fraction of sp³-hybridized carbons (Fsp3) is 0.429. The van der Waals surface area contributed by atoms with Gasteiger partial charge in [-0.1, -0.05) is 18.2 Å². The fourth-order valence-corrected chi connectivity index (χ4v) is 3.92. The van der Waals surface area contributed by atoms with E-state index in [0.29, 0.717) is 11.9 Å². The summed E-state index contributed by atoms with van der Waals surface area (Å²) in [5.74, 6) is -0.525. The number of rotatable bonds is 7. The van der Waals surface area contributed by atoms with Crippen LogP contribution in [0.5, 0.6) is 0 Å². The molecule has 0 spiro atoms. The van der Waals surface area contributed by atoms with E-state index in [0.717, 1.165) is 0 Å². The topological polar surface area (TPSA) is 76.4 Å². The average molecular weight is 295 g/mol. The van der Waals surface area contributed by atoms with Crippen molar-refractivity contribution in [2.75, 3.05) is 12.8 Å². The molecular weight excluding hydrogens is 277 g/mol. The molecule has 1 rings (SSSR count). The van der Waals surface area contributed by atoms with E-state index < -0.39 is 19.4 Å². The van der Waals surface area contributed by atoms with Crippen molar-refractivity contribution in [2.24, 2.45) is 0 Å². The molecule has 0 heterocycles. The van der Waals surface area contributed by atoms with Gasteiger partial charge in [-0.05, 0) is 19.1 Å². The zero-order chi connectivity index (χ0) is 15.0. The minimum absolute atomic E-state index is 0.163. The van der Waals surface area contributed by atoms with Crippen LogP contribution in [0.25, 0.3) is 0 Å². The summed E-state index contributed by atoms with van der Waals surface area (Å²) in [6.07, 6.45) is -0.552. The summed E-state index contributed by atoms with van der Waals surface area (Å²) in [5, 5.41) is 9.53. The van der Waals surface area contributed by atoms with Crippen molar-refractivity contribution < 1.29 is 18.6 Å². The van der Waals surface area contributed by atoms with Gasteiger partial charge in [0.15, 0.2) is 6.10 Å². The zero-order valence-corrected chi connectivity index (χ0v) is 12.5. The number of nitriles is 1. The summed E-state index contributed by atoms with van der Waals surface area (Å²) in [6, 6.07) is 10.8. The van der Waals surface area contributed by atoms with Gasteiger partial charge in [0.05, 0.1) is 6.61 Å². The summed E-state index contributed by atoms with van der Waals surface area (Å²) in [4.78, 5) is 10.9. The third kappa shape index (κ3) is 4.80. The Bertz CT molecular complexity index is 524. The molecule has 0 aliphatic heterocycles. The maximum absolute atomic E-state index is 12.8. The van der Waals surface area contributed by atoms with Crippen LogP contribution in [0.15, 0.2) is 30.3 Å². The lowest BCUT2D eigenvalue weighted by atomic mass is 10.3. The summed E-state index contributed by atoms with van der Waals surface area (Å²) in [6.45, 7) is 3.32. The number of benzene rings is 1. The van der Waals surface area contributed by atoms with E-state index in [1.807, 2.05) is 12.1 Å². The molecule has 0 saturated carbocycles. The Balaban J connectivity index is 2.80. The van der Waals surface area contributed by atoms with E-state index in [2.05, 4.69) is 0 Å². The molecule has 5 nitrogen and oxygen atoms in total. The number of carbonyl (C=O) groups is 1. The number of carbonyl (C=O) groups excluding carboxylic acids is 1. The highest BCUT2D eigenvalue weighted by molar-refractivity contribution is 7.67. The van der Waals surface area contributed by atoms with Crippen LogP contribution in [0.3, 0.4) is 0 Å². The van der Waals surface area contributed by atoms with Crippen molar-refractivity contribution >= 4 is 18.6 Å². The van der Waals surface area contributed by atoms with Gasteiger partial charge in [0.2, 0.25) is 7.37 Å². The normalized spacial score (nSPS) is 14.8. The lowest BCUT2D eigenvalue weighted by Crippen LogP contribution is -2.18. The molecule has 108 valence electrons. The molecule has 2 atom stereocenters. The lowest BCUT2D eigenvalue weighted by Gasteiger charge is -2.19. The van der Waals surface area contributed by atoms with Crippen molar-refractivity contribution in [2.45, 2.75) is 26.4 Å². The number of nitrogens with zero attached hydrogens (tertiary/aromatic N) is 1. The second-order valence-electron chi connectivity index (χ2n) is 4.17. The Labute approximate surface area is 119 Å².